The van der Waals surface area contributed by atoms with Gasteiger partial charge in [-0.2, -0.15) is 0 Å². The third-order valence-corrected chi connectivity index (χ3v) is 3.44. The molecular formula is C16H18N2O3. The number of Topliss-reactive ketones (excluding diaryl/α,β-unsaturated/α-hetero) is 1. The Labute approximate surface area is 122 Å². The first-order chi connectivity index (χ1) is 9.81. The van der Waals surface area contributed by atoms with Crippen LogP contribution in [0.5, 0.6) is 0 Å². The summed E-state index contributed by atoms with van der Waals surface area (Å²) in [6.07, 6.45) is 3.22. The van der Waals surface area contributed by atoms with Gasteiger partial charge in [0.1, 0.15) is 0 Å². The highest BCUT2D eigenvalue weighted by molar-refractivity contribution is 6.02. The lowest BCUT2D eigenvalue weighted by Gasteiger charge is -2.17. The lowest BCUT2D eigenvalue weighted by Crippen LogP contribution is -2.28. The quantitative estimate of drug-likeness (QED) is 0.736. The molecule has 1 heterocycles. The summed E-state index contributed by atoms with van der Waals surface area (Å²) < 4.78 is 0. The number of nitrogens with one attached hydrogen (secondary N) is 1. The number of hydrogen-bond acceptors (Lipinski definition) is 3. The predicted octanol–water partition coefficient (Wildman–Crippen LogP) is 2.54. The number of carboxylic acids is 1. The summed E-state index contributed by atoms with van der Waals surface area (Å²) in [4.78, 5) is 26.2. The molecule has 0 aliphatic heterocycles. The van der Waals surface area contributed by atoms with Crippen molar-refractivity contribution < 1.29 is 14.7 Å². The summed E-state index contributed by atoms with van der Waals surface area (Å²) in [5, 5.41) is 10.0. The Kier molecular flexibility index (Phi) is 3.84. The molecule has 0 aliphatic rings. The van der Waals surface area contributed by atoms with Crippen LogP contribution in [-0.4, -0.2) is 21.8 Å². The number of allylic oxidation sites excluding steroid dienone is 1. The SMILES string of the molecule is CC(C)(CC(=O)C(N)=Cc1c[nH]c2ccccc12)C(=O)O. The number of H-pyrrole nitrogens is 1. The highest BCUT2D eigenvalue weighted by Gasteiger charge is 2.30. The van der Waals surface area contributed by atoms with Crippen molar-refractivity contribution in [3.8, 4) is 0 Å². The van der Waals surface area contributed by atoms with E-state index in [2.05, 4.69) is 4.98 Å². The molecule has 0 amide bonds. The minimum atomic E-state index is -1.13. The third-order valence-electron chi connectivity index (χ3n) is 3.44. The Balaban J connectivity index is 2.25. The number of carbonyl (C=O) groups is 2. The van der Waals surface area contributed by atoms with Gasteiger partial charge in [-0.25, -0.2) is 0 Å². The van der Waals surface area contributed by atoms with Gasteiger partial charge in [0.05, 0.1) is 11.1 Å². The molecule has 1 aromatic heterocycles. The van der Waals surface area contributed by atoms with Gasteiger partial charge in [0.15, 0.2) is 5.78 Å². The van der Waals surface area contributed by atoms with E-state index in [0.717, 1.165) is 16.5 Å². The first-order valence-corrected chi connectivity index (χ1v) is 6.61. The average molecular weight is 286 g/mol. The monoisotopic (exact) mass is 286 g/mol. The highest BCUT2D eigenvalue weighted by atomic mass is 16.4. The van der Waals surface area contributed by atoms with Crippen molar-refractivity contribution in [2.45, 2.75) is 20.3 Å². The summed E-state index contributed by atoms with van der Waals surface area (Å²) in [6.45, 7) is 3.01. The van der Waals surface area contributed by atoms with E-state index in [-0.39, 0.29) is 17.9 Å². The number of aromatic nitrogens is 1. The average Bonchev–Trinajstić information content (AvgIpc) is 2.81. The van der Waals surface area contributed by atoms with Crippen molar-refractivity contribution in [3.63, 3.8) is 0 Å². The highest BCUT2D eigenvalue weighted by Crippen LogP contribution is 2.24. The van der Waals surface area contributed by atoms with Gasteiger partial charge in [-0.05, 0) is 26.0 Å². The van der Waals surface area contributed by atoms with Crippen molar-refractivity contribution >= 4 is 28.7 Å². The molecule has 0 saturated carbocycles. The van der Waals surface area contributed by atoms with Gasteiger partial charge in [-0.15, -0.1) is 0 Å². The fourth-order valence-corrected chi connectivity index (χ4v) is 2.04. The first kappa shape index (κ1) is 14.8. The summed E-state index contributed by atoms with van der Waals surface area (Å²) in [5.74, 6) is -1.39. The number of aromatic amines is 1. The molecule has 110 valence electrons. The number of carbonyl (C=O) groups excluding carboxylic acids is 1. The molecule has 4 N–H and O–H groups in total. The van der Waals surface area contributed by atoms with E-state index < -0.39 is 11.4 Å². The van der Waals surface area contributed by atoms with Crippen LogP contribution in [0.1, 0.15) is 25.8 Å². The number of nitrogens with two attached hydrogens (primary N) is 1. The maximum Gasteiger partial charge on any atom is 0.309 e. The largest absolute Gasteiger partial charge is 0.481 e. The Hall–Kier alpha value is -2.56. The second-order valence-electron chi connectivity index (χ2n) is 5.68. The van der Waals surface area contributed by atoms with Crippen LogP contribution in [0.15, 0.2) is 36.2 Å². The first-order valence-electron chi connectivity index (χ1n) is 6.61. The smallest absolute Gasteiger partial charge is 0.309 e. The van der Waals surface area contributed by atoms with Crippen molar-refractivity contribution in [2.24, 2.45) is 11.1 Å². The van der Waals surface area contributed by atoms with Gasteiger partial charge in [0.2, 0.25) is 0 Å². The van der Waals surface area contributed by atoms with E-state index in [1.807, 2.05) is 24.3 Å². The normalized spacial score (nSPS) is 12.6. The molecule has 0 spiro atoms. The molecule has 5 heteroatoms. The van der Waals surface area contributed by atoms with E-state index in [1.165, 1.54) is 13.8 Å². The molecule has 1 aromatic carbocycles. The number of aliphatic carboxylic acids is 1. The maximum atomic E-state index is 12.1. The summed E-state index contributed by atoms with van der Waals surface area (Å²) in [5.41, 5.74) is 6.51. The predicted molar refractivity (Wildman–Crippen MR) is 81.5 cm³/mol. The van der Waals surface area contributed by atoms with Crippen LogP contribution in [0.25, 0.3) is 17.0 Å². The zero-order chi connectivity index (χ0) is 15.6. The van der Waals surface area contributed by atoms with Crippen molar-refractivity contribution in [1.82, 2.24) is 4.98 Å². The third kappa shape index (κ3) is 3.13. The summed E-state index contributed by atoms with van der Waals surface area (Å²) >= 11 is 0. The number of para-hydroxylation sites is 1. The van der Waals surface area contributed by atoms with Crippen LogP contribution in [0.3, 0.4) is 0 Å². The van der Waals surface area contributed by atoms with Crippen LogP contribution in [-0.2, 0) is 9.59 Å². The Morgan fingerprint density at radius 2 is 2.00 bits per heavy atom. The minimum Gasteiger partial charge on any atom is -0.481 e. The number of carboxylic acid groups (broad SMARTS) is 1. The lowest BCUT2D eigenvalue weighted by atomic mass is 9.86. The number of benzene rings is 1. The lowest BCUT2D eigenvalue weighted by molar-refractivity contribution is -0.148. The maximum absolute atomic E-state index is 12.1. The topological polar surface area (TPSA) is 96.2 Å². The Morgan fingerprint density at radius 1 is 1.33 bits per heavy atom. The van der Waals surface area contributed by atoms with Gasteiger partial charge in [0.25, 0.3) is 0 Å². The van der Waals surface area contributed by atoms with Crippen LogP contribution < -0.4 is 5.73 Å². The van der Waals surface area contributed by atoms with Gasteiger partial charge < -0.3 is 15.8 Å². The molecule has 5 nitrogen and oxygen atoms in total. The molecule has 0 radical (unpaired) electrons. The van der Waals surface area contributed by atoms with Gasteiger partial charge in [-0.3, -0.25) is 9.59 Å². The van der Waals surface area contributed by atoms with Crippen molar-refractivity contribution in [2.75, 3.05) is 0 Å². The fourth-order valence-electron chi connectivity index (χ4n) is 2.04. The van der Waals surface area contributed by atoms with E-state index in [1.54, 1.807) is 12.3 Å². The van der Waals surface area contributed by atoms with Gasteiger partial charge in [0, 0.05) is 29.1 Å². The van der Waals surface area contributed by atoms with Crippen LogP contribution in [0, 0.1) is 5.41 Å². The van der Waals surface area contributed by atoms with Gasteiger partial charge in [-0.1, -0.05) is 18.2 Å². The van der Waals surface area contributed by atoms with E-state index in [4.69, 9.17) is 10.8 Å². The molecule has 2 aromatic rings. The molecule has 0 atom stereocenters. The standard InChI is InChI=1S/C16H18N2O3/c1-16(2,15(20)21)8-14(19)12(17)7-10-9-18-13-6-4-3-5-11(10)13/h3-7,9,18H,8,17H2,1-2H3,(H,20,21). The minimum absolute atomic E-state index is 0.0640. The number of ketones is 1. The Morgan fingerprint density at radius 3 is 2.67 bits per heavy atom. The number of rotatable bonds is 5. The van der Waals surface area contributed by atoms with Crippen molar-refractivity contribution in [3.05, 3.63) is 41.7 Å². The second-order valence-corrected chi connectivity index (χ2v) is 5.68. The molecule has 2 rings (SSSR count). The summed E-state index contributed by atoms with van der Waals surface area (Å²) in [6, 6.07) is 7.67. The number of hydrogen-bond donors (Lipinski definition) is 3. The Bertz CT molecular complexity index is 726. The van der Waals surface area contributed by atoms with E-state index >= 15 is 0 Å². The molecule has 0 fully saturated rings. The summed E-state index contributed by atoms with van der Waals surface area (Å²) in [7, 11) is 0. The molecule has 0 unspecified atom stereocenters. The fraction of sp³-hybridized carbons (Fsp3) is 0.250. The molecule has 0 saturated heterocycles. The molecule has 21 heavy (non-hydrogen) atoms. The molecule has 0 aliphatic carbocycles. The van der Waals surface area contributed by atoms with E-state index in [0.29, 0.717) is 0 Å². The van der Waals surface area contributed by atoms with Crippen molar-refractivity contribution in [1.29, 1.82) is 0 Å². The van der Waals surface area contributed by atoms with Gasteiger partial charge >= 0.3 is 5.97 Å². The van der Waals surface area contributed by atoms with Crippen LogP contribution in [0.2, 0.25) is 0 Å². The zero-order valence-electron chi connectivity index (χ0n) is 12.0. The zero-order valence-corrected chi connectivity index (χ0v) is 12.0. The number of fused-ring (bicyclic) bond motifs is 1. The van der Waals surface area contributed by atoms with E-state index in [9.17, 15) is 9.59 Å². The molecular weight excluding hydrogens is 268 g/mol. The van der Waals surface area contributed by atoms with Crippen LogP contribution >= 0.6 is 0 Å². The van der Waals surface area contributed by atoms with Crippen LogP contribution in [0.4, 0.5) is 0 Å². The molecule has 0 bridgehead atoms. The second kappa shape index (κ2) is 5.44.